The maximum Gasteiger partial charge on any atom is 0.225 e. The molecule has 3 aromatic rings. The van der Waals surface area contributed by atoms with Crippen molar-refractivity contribution in [3.8, 4) is 5.75 Å². The first-order valence-corrected chi connectivity index (χ1v) is 11.9. The van der Waals surface area contributed by atoms with Gasteiger partial charge in [0.25, 0.3) is 0 Å². The SMILES string of the molecule is COc1cccc(N2CCN(c3ncc4c(n3)CCN(Cc3ccc(Br)cc3)C4)CC2)c1. The number of methoxy groups -OCH3 is 1. The summed E-state index contributed by atoms with van der Waals surface area (Å²) < 4.78 is 6.49. The highest BCUT2D eigenvalue weighted by molar-refractivity contribution is 9.10. The van der Waals surface area contributed by atoms with E-state index in [1.807, 2.05) is 18.3 Å². The predicted molar refractivity (Wildman–Crippen MR) is 131 cm³/mol. The van der Waals surface area contributed by atoms with Gasteiger partial charge in [-0.15, -0.1) is 0 Å². The summed E-state index contributed by atoms with van der Waals surface area (Å²) in [4.78, 5) is 16.9. The summed E-state index contributed by atoms with van der Waals surface area (Å²) in [5.41, 5.74) is 5.01. The van der Waals surface area contributed by atoms with Crippen molar-refractivity contribution in [1.29, 1.82) is 0 Å². The van der Waals surface area contributed by atoms with Crippen molar-refractivity contribution >= 4 is 27.6 Å². The third kappa shape index (κ3) is 4.74. The summed E-state index contributed by atoms with van der Waals surface area (Å²) >= 11 is 3.51. The van der Waals surface area contributed by atoms with Gasteiger partial charge in [-0.25, -0.2) is 9.97 Å². The number of hydrogen-bond donors (Lipinski definition) is 0. The van der Waals surface area contributed by atoms with Crippen molar-refractivity contribution < 1.29 is 4.74 Å². The zero-order chi connectivity index (χ0) is 21.9. The molecule has 7 heteroatoms. The molecular weight excluding hydrogens is 466 g/mol. The molecule has 3 heterocycles. The predicted octanol–water partition coefficient (Wildman–Crippen LogP) is 4.13. The van der Waals surface area contributed by atoms with E-state index in [1.165, 1.54) is 22.5 Å². The van der Waals surface area contributed by atoms with Gasteiger partial charge >= 0.3 is 0 Å². The Morgan fingerprint density at radius 1 is 0.969 bits per heavy atom. The van der Waals surface area contributed by atoms with Crippen molar-refractivity contribution in [2.75, 3.05) is 49.6 Å². The van der Waals surface area contributed by atoms with Crippen LogP contribution in [0.5, 0.6) is 5.75 Å². The third-order valence-corrected chi connectivity index (χ3v) is 6.83. The monoisotopic (exact) mass is 493 g/mol. The van der Waals surface area contributed by atoms with Gasteiger partial charge in [0.15, 0.2) is 0 Å². The van der Waals surface area contributed by atoms with E-state index in [4.69, 9.17) is 14.7 Å². The maximum absolute atomic E-state index is 5.37. The molecule has 0 atom stereocenters. The molecule has 6 nitrogen and oxygen atoms in total. The first kappa shape index (κ1) is 21.2. The van der Waals surface area contributed by atoms with Crippen molar-refractivity contribution in [3.05, 3.63) is 76.0 Å². The number of halogens is 1. The fourth-order valence-corrected chi connectivity index (χ4v) is 4.74. The van der Waals surface area contributed by atoms with Gasteiger partial charge in [-0.3, -0.25) is 4.90 Å². The molecule has 1 fully saturated rings. The van der Waals surface area contributed by atoms with Crippen molar-refractivity contribution in [1.82, 2.24) is 14.9 Å². The van der Waals surface area contributed by atoms with E-state index in [2.05, 4.69) is 67.0 Å². The van der Waals surface area contributed by atoms with Crippen LogP contribution < -0.4 is 14.5 Å². The van der Waals surface area contributed by atoms with E-state index in [1.54, 1.807) is 7.11 Å². The minimum Gasteiger partial charge on any atom is -0.497 e. The molecule has 0 aliphatic carbocycles. The Morgan fingerprint density at radius 2 is 1.75 bits per heavy atom. The number of aromatic nitrogens is 2. The maximum atomic E-state index is 5.37. The first-order chi connectivity index (χ1) is 15.7. The number of benzene rings is 2. The molecule has 0 bridgehead atoms. The molecule has 1 aromatic heterocycles. The van der Waals surface area contributed by atoms with Crippen molar-refractivity contribution in [2.45, 2.75) is 19.5 Å². The lowest BCUT2D eigenvalue weighted by Crippen LogP contribution is -2.47. The van der Waals surface area contributed by atoms with Gasteiger partial charge in [0.1, 0.15) is 5.75 Å². The molecule has 0 radical (unpaired) electrons. The Balaban J connectivity index is 1.20. The Bertz CT molecular complexity index is 1070. The Morgan fingerprint density at radius 3 is 2.53 bits per heavy atom. The summed E-state index contributed by atoms with van der Waals surface area (Å²) in [6, 6.07) is 16.9. The second kappa shape index (κ2) is 9.46. The summed E-state index contributed by atoms with van der Waals surface area (Å²) in [5, 5.41) is 0. The highest BCUT2D eigenvalue weighted by Gasteiger charge is 2.23. The highest BCUT2D eigenvalue weighted by Crippen LogP contribution is 2.25. The molecule has 2 aliphatic rings. The van der Waals surface area contributed by atoms with Crippen LogP contribution in [0.25, 0.3) is 0 Å². The molecule has 166 valence electrons. The Labute approximate surface area is 198 Å². The van der Waals surface area contributed by atoms with Crippen molar-refractivity contribution in [3.63, 3.8) is 0 Å². The zero-order valence-electron chi connectivity index (χ0n) is 18.4. The smallest absolute Gasteiger partial charge is 0.225 e. The van der Waals surface area contributed by atoms with Crippen LogP contribution in [-0.4, -0.2) is 54.7 Å². The number of nitrogens with zero attached hydrogens (tertiary/aromatic N) is 5. The number of fused-ring (bicyclic) bond motifs is 1. The van der Waals surface area contributed by atoms with Gasteiger partial charge < -0.3 is 14.5 Å². The summed E-state index contributed by atoms with van der Waals surface area (Å²) in [6.45, 7) is 6.65. The molecule has 1 saturated heterocycles. The summed E-state index contributed by atoms with van der Waals surface area (Å²) in [5.74, 6) is 1.77. The zero-order valence-corrected chi connectivity index (χ0v) is 20.0. The van der Waals surface area contributed by atoms with Gasteiger partial charge in [0.05, 0.1) is 12.8 Å². The number of rotatable bonds is 5. The summed E-state index contributed by atoms with van der Waals surface area (Å²) in [7, 11) is 1.71. The number of anilines is 2. The lowest BCUT2D eigenvalue weighted by molar-refractivity contribution is 0.243. The van der Waals surface area contributed by atoms with E-state index in [0.717, 1.165) is 68.4 Å². The number of ether oxygens (including phenoxy) is 1. The van der Waals surface area contributed by atoms with Crippen LogP contribution in [-0.2, 0) is 19.5 Å². The fourth-order valence-electron chi connectivity index (χ4n) is 4.47. The normalized spacial score (nSPS) is 16.7. The van der Waals surface area contributed by atoms with E-state index in [-0.39, 0.29) is 0 Å². The largest absolute Gasteiger partial charge is 0.497 e. The van der Waals surface area contributed by atoms with Gasteiger partial charge in [-0.2, -0.15) is 0 Å². The summed E-state index contributed by atoms with van der Waals surface area (Å²) in [6.07, 6.45) is 3.02. The van der Waals surface area contributed by atoms with Crippen LogP contribution in [0.3, 0.4) is 0 Å². The van der Waals surface area contributed by atoms with Gasteiger partial charge in [-0.1, -0.05) is 34.1 Å². The molecule has 0 N–H and O–H groups in total. The number of piperazine rings is 1. The second-order valence-electron chi connectivity index (χ2n) is 8.40. The topological polar surface area (TPSA) is 44.7 Å². The minimum atomic E-state index is 0.871. The molecule has 5 rings (SSSR count). The van der Waals surface area contributed by atoms with E-state index >= 15 is 0 Å². The van der Waals surface area contributed by atoms with Crippen LogP contribution in [0.15, 0.2) is 59.2 Å². The molecule has 32 heavy (non-hydrogen) atoms. The molecule has 2 aromatic carbocycles. The van der Waals surface area contributed by atoms with Gasteiger partial charge in [-0.05, 0) is 29.8 Å². The Hall–Kier alpha value is -2.64. The molecular formula is C25H28BrN5O. The van der Waals surface area contributed by atoms with Crippen LogP contribution in [0, 0.1) is 0 Å². The molecule has 2 aliphatic heterocycles. The molecule has 0 spiro atoms. The van der Waals surface area contributed by atoms with Gasteiger partial charge in [0.2, 0.25) is 5.95 Å². The first-order valence-electron chi connectivity index (χ1n) is 11.1. The average Bonchev–Trinajstić information content (AvgIpc) is 2.85. The lowest BCUT2D eigenvalue weighted by atomic mass is 10.1. The van der Waals surface area contributed by atoms with E-state index < -0.39 is 0 Å². The standard InChI is InChI=1S/C25H28BrN5O/c1-32-23-4-2-3-22(15-23)30-11-13-31(14-12-30)25-27-16-20-18-29(10-9-24(20)28-25)17-19-5-7-21(26)8-6-19/h2-8,15-16H,9-14,17-18H2,1H3. The van der Waals surface area contributed by atoms with Crippen LogP contribution in [0.1, 0.15) is 16.8 Å². The molecule has 0 amide bonds. The Kier molecular flexibility index (Phi) is 6.28. The quantitative estimate of drug-likeness (QED) is 0.532. The fraction of sp³-hybridized carbons (Fsp3) is 0.360. The van der Waals surface area contributed by atoms with E-state index in [0.29, 0.717) is 0 Å². The lowest BCUT2D eigenvalue weighted by Gasteiger charge is -2.36. The second-order valence-corrected chi connectivity index (χ2v) is 9.32. The van der Waals surface area contributed by atoms with Crippen LogP contribution >= 0.6 is 15.9 Å². The van der Waals surface area contributed by atoms with Gasteiger partial charge in [0, 0.05) is 80.2 Å². The van der Waals surface area contributed by atoms with Crippen LogP contribution in [0.4, 0.5) is 11.6 Å². The average molecular weight is 494 g/mol. The number of hydrogen-bond acceptors (Lipinski definition) is 6. The molecule has 0 saturated carbocycles. The highest BCUT2D eigenvalue weighted by atomic mass is 79.9. The van der Waals surface area contributed by atoms with Crippen molar-refractivity contribution in [2.24, 2.45) is 0 Å². The van der Waals surface area contributed by atoms with E-state index in [9.17, 15) is 0 Å². The third-order valence-electron chi connectivity index (χ3n) is 6.30. The molecule has 0 unspecified atom stereocenters. The van der Waals surface area contributed by atoms with Crippen LogP contribution in [0.2, 0.25) is 0 Å². The minimum absolute atomic E-state index is 0.871.